The molecular weight excluding hydrogens is 322 g/mol. The van der Waals surface area contributed by atoms with E-state index in [2.05, 4.69) is 30.7 Å². The minimum atomic E-state index is -0.897. The lowest BCUT2D eigenvalue weighted by molar-refractivity contribution is 0.0521. The van der Waals surface area contributed by atoms with Crippen LogP contribution in [0.1, 0.15) is 39.3 Å². The van der Waals surface area contributed by atoms with Gasteiger partial charge in [0, 0.05) is 30.7 Å². The highest BCUT2D eigenvalue weighted by atomic mass is 16.6. The van der Waals surface area contributed by atoms with E-state index in [0.29, 0.717) is 30.4 Å². The number of carboxylic acid groups (broad SMARTS) is 1. The van der Waals surface area contributed by atoms with Crippen LogP contribution in [0, 0.1) is 0 Å². The minimum absolute atomic E-state index is 0.0195. The summed E-state index contributed by atoms with van der Waals surface area (Å²) in [7, 11) is 0. The summed E-state index contributed by atoms with van der Waals surface area (Å²) in [4.78, 5) is 20.1. The molecular formula is C18H27N3O4. The van der Waals surface area contributed by atoms with E-state index >= 15 is 0 Å². The molecule has 0 spiro atoms. The molecule has 1 aromatic rings. The lowest BCUT2D eigenvalue weighted by Gasteiger charge is -2.43. The van der Waals surface area contributed by atoms with E-state index in [-0.39, 0.29) is 18.1 Å². The number of pyridine rings is 1. The molecule has 1 amide bonds. The van der Waals surface area contributed by atoms with E-state index < -0.39 is 6.09 Å². The standard InChI is InChI=1S/C18H27N3O4/c1-18(2,3)20-6-4-14(5-7-20)21(17(22)23)12-13-10-15-16(11-19-13)25-9-8-24-15/h10-11,14H,4-9,12H2,1-3H3,(H,22,23). The highest BCUT2D eigenvalue weighted by Crippen LogP contribution is 2.30. The van der Waals surface area contributed by atoms with Gasteiger partial charge in [0.15, 0.2) is 11.5 Å². The van der Waals surface area contributed by atoms with Gasteiger partial charge in [-0.1, -0.05) is 0 Å². The zero-order valence-corrected chi connectivity index (χ0v) is 15.2. The van der Waals surface area contributed by atoms with Crippen molar-refractivity contribution >= 4 is 6.09 Å². The second-order valence-electron chi connectivity index (χ2n) is 7.62. The van der Waals surface area contributed by atoms with E-state index in [0.717, 1.165) is 25.9 Å². The summed E-state index contributed by atoms with van der Waals surface area (Å²) in [6.07, 6.45) is 2.40. The number of ether oxygens (including phenoxy) is 2. The monoisotopic (exact) mass is 349 g/mol. The van der Waals surface area contributed by atoms with Gasteiger partial charge in [-0.25, -0.2) is 4.79 Å². The zero-order chi connectivity index (χ0) is 18.0. The fourth-order valence-electron chi connectivity index (χ4n) is 3.45. The van der Waals surface area contributed by atoms with Gasteiger partial charge in [0.25, 0.3) is 0 Å². The Morgan fingerprint density at radius 2 is 1.92 bits per heavy atom. The molecule has 0 aromatic carbocycles. The molecule has 2 aliphatic heterocycles. The number of nitrogens with zero attached hydrogens (tertiary/aromatic N) is 3. The van der Waals surface area contributed by atoms with Crippen LogP contribution >= 0.6 is 0 Å². The number of aromatic nitrogens is 1. The molecule has 7 nitrogen and oxygen atoms in total. The number of hydrogen-bond acceptors (Lipinski definition) is 5. The van der Waals surface area contributed by atoms with Crippen LogP contribution in [0.25, 0.3) is 0 Å². The lowest BCUT2D eigenvalue weighted by atomic mass is 9.97. The van der Waals surface area contributed by atoms with Gasteiger partial charge >= 0.3 is 6.09 Å². The number of hydrogen-bond donors (Lipinski definition) is 1. The number of fused-ring (bicyclic) bond motifs is 1. The molecule has 1 N–H and O–H groups in total. The normalized spacial score (nSPS) is 18.8. The van der Waals surface area contributed by atoms with E-state index in [1.54, 1.807) is 12.3 Å². The molecule has 1 fully saturated rings. The Balaban J connectivity index is 1.67. The predicted octanol–water partition coefficient (Wildman–Crippen LogP) is 2.60. The van der Waals surface area contributed by atoms with Crippen LogP contribution in [0.5, 0.6) is 11.5 Å². The topological polar surface area (TPSA) is 75.1 Å². The zero-order valence-electron chi connectivity index (χ0n) is 15.2. The number of carbonyl (C=O) groups is 1. The summed E-state index contributed by atoms with van der Waals surface area (Å²) >= 11 is 0. The van der Waals surface area contributed by atoms with E-state index in [1.165, 1.54) is 4.90 Å². The Morgan fingerprint density at radius 1 is 1.28 bits per heavy atom. The Bertz CT molecular complexity index is 621. The van der Waals surface area contributed by atoms with E-state index in [9.17, 15) is 9.90 Å². The fraction of sp³-hybridized carbons (Fsp3) is 0.667. The van der Waals surface area contributed by atoms with Gasteiger partial charge in [0.05, 0.1) is 18.4 Å². The van der Waals surface area contributed by atoms with Gasteiger partial charge in [-0.2, -0.15) is 0 Å². The Labute approximate surface area is 148 Å². The van der Waals surface area contributed by atoms with Crippen molar-refractivity contribution in [3.8, 4) is 11.5 Å². The molecule has 1 saturated heterocycles. The molecule has 3 rings (SSSR count). The maximum Gasteiger partial charge on any atom is 0.407 e. The maximum absolute atomic E-state index is 11.8. The SMILES string of the molecule is CC(C)(C)N1CCC(N(Cc2cc3c(cn2)OCCO3)C(=O)O)CC1. The quantitative estimate of drug-likeness (QED) is 0.904. The summed E-state index contributed by atoms with van der Waals surface area (Å²) in [5.74, 6) is 1.26. The Kier molecular flexibility index (Phi) is 5.03. The van der Waals surface area contributed by atoms with Crippen molar-refractivity contribution < 1.29 is 19.4 Å². The van der Waals surface area contributed by atoms with Crippen LogP contribution in [-0.2, 0) is 6.54 Å². The Morgan fingerprint density at radius 3 is 2.52 bits per heavy atom. The fourth-order valence-corrected chi connectivity index (χ4v) is 3.45. The summed E-state index contributed by atoms with van der Waals surface area (Å²) < 4.78 is 11.0. The molecule has 7 heteroatoms. The summed E-state index contributed by atoms with van der Waals surface area (Å²) in [5.41, 5.74) is 0.807. The van der Waals surface area contributed by atoms with Gasteiger partial charge in [-0.3, -0.25) is 14.8 Å². The third-order valence-electron chi connectivity index (χ3n) is 4.92. The van der Waals surface area contributed by atoms with Crippen LogP contribution in [0.15, 0.2) is 12.3 Å². The van der Waals surface area contributed by atoms with Crippen molar-refractivity contribution in [2.24, 2.45) is 0 Å². The van der Waals surface area contributed by atoms with Crippen molar-refractivity contribution in [3.05, 3.63) is 18.0 Å². The van der Waals surface area contributed by atoms with Crippen molar-refractivity contribution in [2.45, 2.75) is 51.7 Å². The molecule has 25 heavy (non-hydrogen) atoms. The van der Waals surface area contributed by atoms with Gasteiger partial charge in [0.1, 0.15) is 13.2 Å². The highest BCUT2D eigenvalue weighted by molar-refractivity contribution is 5.65. The smallest absolute Gasteiger partial charge is 0.407 e. The van der Waals surface area contributed by atoms with Crippen LogP contribution in [0.3, 0.4) is 0 Å². The molecule has 0 unspecified atom stereocenters. The molecule has 0 atom stereocenters. The van der Waals surface area contributed by atoms with Crippen molar-refractivity contribution in [2.75, 3.05) is 26.3 Å². The summed E-state index contributed by atoms with van der Waals surface area (Å²) in [6.45, 7) is 9.70. The first kappa shape index (κ1) is 17.8. The molecule has 3 heterocycles. The highest BCUT2D eigenvalue weighted by Gasteiger charge is 2.32. The lowest BCUT2D eigenvalue weighted by Crippen LogP contribution is -2.51. The summed E-state index contributed by atoms with van der Waals surface area (Å²) in [6, 6.07) is 1.81. The molecule has 0 radical (unpaired) electrons. The Hall–Kier alpha value is -2.02. The summed E-state index contributed by atoms with van der Waals surface area (Å²) in [5, 5.41) is 9.68. The molecule has 0 bridgehead atoms. The van der Waals surface area contributed by atoms with Crippen molar-refractivity contribution in [1.82, 2.24) is 14.8 Å². The average Bonchev–Trinajstić information content (AvgIpc) is 2.58. The first-order valence-electron chi connectivity index (χ1n) is 8.84. The van der Waals surface area contributed by atoms with Crippen molar-refractivity contribution in [3.63, 3.8) is 0 Å². The number of likely N-dealkylation sites (tertiary alicyclic amines) is 1. The van der Waals surface area contributed by atoms with Gasteiger partial charge in [-0.15, -0.1) is 0 Å². The van der Waals surface area contributed by atoms with Gasteiger partial charge in [-0.05, 0) is 33.6 Å². The molecule has 0 saturated carbocycles. The molecule has 2 aliphatic rings. The first-order chi connectivity index (χ1) is 11.8. The van der Waals surface area contributed by atoms with Crippen molar-refractivity contribution in [1.29, 1.82) is 0 Å². The van der Waals surface area contributed by atoms with Gasteiger partial charge < -0.3 is 14.6 Å². The molecule has 1 aromatic heterocycles. The van der Waals surface area contributed by atoms with E-state index in [1.807, 2.05) is 0 Å². The average molecular weight is 349 g/mol. The predicted molar refractivity (Wildman–Crippen MR) is 93.1 cm³/mol. The number of amides is 1. The minimum Gasteiger partial charge on any atom is -0.486 e. The maximum atomic E-state index is 11.8. The van der Waals surface area contributed by atoms with Crippen LogP contribution in [0.4, 0.5) is 4.79 Å². The largest absolute Gasteiger partial charge is 0.486 e. The second kappa shape index (κ2) is 7.07. The first-order valence-corrected chi connectivity index (χ1v) is 8.84. The third-order valence-corrected chi connectivity index (χ3v) is 4.92. The number of rotatable bonds is 3. The van der Waals surface area contributed by atoms with Crippen LogP contribution < -0.4 is 9.47 Å². The second-order valence-corrected chi connectivity index (χ2v) is 7.62. The van der Waals surface area contributed by atoms with E-state index in [4.69, 9.17) is 9.47 Å². The molecule has 138 valence electrons. The van der Waals surface area contributed by atoms with Gasteiger partial charge in [0.2, 0.25) is 0 Å². The van der Waals surface area contributed by atoms with Crippen LogP contribution in [0.2, 0.25) is 0 Å². The third kappa shape index (κ3) is 4.15. The van der Waals surface area contributed by atoms with Crippen LogP contribution in [-0.4, -0.2) is 63.9 Å². The number of piperidine rings is 1. The molecule has 0 aliphatic carbocycles.